The molecule has 130 valence electrons. The second-order valence-corrected chi connectivity index (χ2v) is 4.54. The summed E-state index contributed by atoms with van der Waals surface area (Å²) in [6.07, 6.45) is 4.23. The summed E-state index contributed by atoms with van der Waals surface area (Å²) in [4.78, 5) is 21.5. The molecule has 25 heavy (non-hydrogen) atoms. The van der Waals surface area contributed by atoms with Crippen LogP contribution in [0.15, 0.2) is 52.0 Å². The first-order valence-corrected chi connectivity index (χ1v) is 7.09. The Labute approximate surface area is 142 Å². The highest BCUT2D eigenvalue weighted by Gasteiger charge is 2.09. The SMILES string of the molecule is COc1ccccc1OCC(=O)NN=C/C=C\c1ccc([N+](=O)[O-])o1. The van der Waals surface area contributed by atoms with Crippen molar-refractivity contribution in [2.75, 3.05) is 13.7 Å². The van der Waals surface area contributed by atoms with Gasteiger partial charge in [-0.25, -0.2) is 5.43 Å². The number of hydrogen-bond acceptors (Lipinski definition) is 7. The highest BCUT2D eigenvalue weighted by molar-refractivity contribution is 5.81. The summed E-state index contributed by atoms with van der Waals surface area (Å²) in [5, 5.41) is 14.1. The largest absolute Gasteiger partial charge is 0.493 e. The molecule has 9 heteroatoms. The number of amides is 1. The van der Waals surface area contributed by atoms with Gasteiger partial charge in [0.1, 0.15) is 10.7 Å². The highest BCUT2D eigenvalue weighted by atomic mass is 16.6. The summed E-state index contributed by atoms with van der Waals surface area (Å²) < 4.78 is 15.4. The Bertz CT molecular complexity index is 797. The van der Waals surface area contributed by atoms with Gasteiger partial charge in [0.05, 0.1) is 13.2 Å². The fourth-order valence-corrected chi connectivity index (χ4v) is 1.73. The molecular formula is C16H15N3O6. The van der Waals surface area contributed by atoms with Gasteiger partial charge in [-0.05, 0) is 30.4 Å². The molecule has 2 aromatic rings. The van der Waals surface area contributed by atoms with Gasteiger partial charge in [-0.2, -0.15) is 5.10 Å². The lowest BCUT2D eigenvalue weighted by Gasteiger charge is -2.08. The van der Waals surface area contributed by atoms with Crippen LogP contribution in [-0.2, 0) is 4.79 Å². The second kappa shape index (κ2) is 8.87. The third kappa shape index (κ3) is 5.50. The van der Waals surface area contributed by atoms with Crippen molar-refractivity contribution < 1.29 is 23.6 Å². The summed E-state index contributed by atoms with van der Waals surface area (Å²) in [6, 6.07) is 9.64. The van der Waals surface area contributed by atoms with E-state index in [0.29, 0.717) is 17.3 Å². The Kier molecular flexibility index (Phi) is 6.29. The first-order chi connectivity index (χ1) is 12.1. The minimum atomic E-state index is -0.632. The number of allylic oxidation sites excluding steroid dienone is 1. The maximum atomic E-state index is 11.6. The predicted octanol–water partition coefficient (Wildman–Crippen LogP) is 2.39. The molecule has 0 spiro atoms. The van der Waals surface area contributed by atoms with E-state index in [1.807, 2.05) is 0 Å². The van der Waals surface area contributed by atoms with Crippen LogP contribution in [0.5, 0.6) is 11.5 Å². The number of ether oxygens (including phenoxy) is 2. The highest BCUT2D eigenvalue weighted by Crippen LogP contribution is 2.25. The standard InChI is InChI=1S/C16H15N3O6/c1-23-13-6-2-3-7-14(13)24-11-15(20)18-17-10-4-5-12-8-9-16(25-12)19(21)22/h2-10H,11H2,1H3,(H,18,20)/b5-4-,17-10?. The summed E-state index contributed by atoms with van der Waals surface area (Å²) >= 11 is 0. The van der Waals surface area contributed by atoms with Gasteiger partial charge in [0, 0.05) is 6.21 Å². The summed E-state index contributed by atoms with van der Waals surface area (Å²) in [5.41, 5.74) is 2.27. The molecule has 0 bridgehead atoms. The van der Waals surface area contributed by atoms with E-state index in [-0.39, 0.29) is 12.5 Å². The molecule has 2 rings (SSSR count). The summed E-state index contributed by atoms with van der Waals surface area (Å²) in [7, 11) is 1.51. The zero-order chi connectivity index (χ0) is 18.1. The number of nitrogens with zero attached hydrogens (tertiary/aromatic N) is 2. The van der Waals surface area contributed by atoms with Gasteiger partial charge in [0.25, 0.3) is 5.91 Å². The van der Waals surface area contributed by atoms with Crippen molar-refractivity contribution in [2.45, 2.75) is 0 Å². The van der Waals surface area contributed by atoms with Crippen molar-refractivity contribution in [3.63, 3.8) is 0 Å². The number of benzene rings is 1. The van der Waals surface area contributed by atoms with E-state index in [1.54, 1.807) is 24.3 Å². The van der Waals surface area contributed by atoms with Crippen molar-refractivity contribution in [3.8, 4) is 11.5 Å². The molecule has 0 fully saturated rings. The summed E-state index contributed by atoms with van der Waals surface area (Å²) in [6.45, 7) is -0.230. The Morgan fingerprint density at radius 3 is 2.76 bits per heavy atom. The third-order valence-electron chi connectivity index (χ3n) is 2.83. The molecule has 0 radical (unpaired) electrons. The van der Waals surface area contributed by atoms with Crippen LogP contribution in [-0.4, -0.2) is 30.8 Å². The van der Waals surface area contributed by atoms with Crippen molar-refractivity contribution in [2.24, 2.45) is 5.10 Å². The molecule has 9 nitrogen and oxygen atoms in total. The maximum Gasteiger partial charge on any atom is 0.433 e. The molecule has 1 N–H and O–H groups in total. The molecule has 1 amide bonds. The molecule has 0 saturated heterocycles. The first kappa shape index (κ1) is 17.7. The fourth-order valence-electron chi connectivity index (χ4n) is 1.73. The number of carbonyl (C=O) groups excluding carboxylic acids is 1. The number of rotatable bonds is 8. The second-order valence-electron chi connectivity index (χ2n) is 4.54. The van der Waals surface area contributed by atoms with Crippen LogP contribution >= 0.6 is 0 Å². The molecule has 0 unspecified atom stereocenters. The van der Waals surface area contributed by atoms with E-state index in [2.05, 4.69) is 10.5 Å². The maximum absolute atomic E-state index is 11.6. The van der Waals surface area contributed by atoms with Crippen LogP contribution in [0, 0.1) is 10.1 Å². The number of para-hydroxylation sites is 2. The lowest BCUT2D eigenvalue weighted by atomic mass is 10.3. The molecule has 0 aliphatic carbocycles. The normalized spacial score (nSPS) is 10.9. The minimum Gasteiger partial charge on any atom is -0.493 e. The molecule has 1 aromatic carbocycles. The molecule has 0 aliphatic rings. The Balaban J connectivity index is 1.76. The van der Waals surface area contributed by atoms with Crippen molar-refractivity contribution in [1.29, 1.82) is 0 Å². The number of furan rings is 1. The average molecular weight is 345 g/mol. The van der Waals surface area contributed by atoms with Gasteiger partial charge in [0.2, 0.25) is 0 Å². The molecule has 1 aromatic heterocycles. The Hall–Kier alpha value is -3.62. The van der Waals surface area contributed by atoms with Crippen LogP contribution in [0.2, 0.25) is 0 Å². The number of hydrogen-bond donors (Lipinski definition) is 1. The zero-order valence-electron chi connectivity index (χ0n) is 13.2. The van der Waals surface area contributed by atoms with E-state index < -0.39 is 10.8 Å². The van der Waals surface area contributed by atoms with Crippen LogP contribution in [0.25, 0.3) is 6.08 Å². The lowest BCUT2D eigenvalue weighted by Crippen LogP contribution is -2.24. The number of nitro groups is 1. The van der Waals surface area contributed by atoms with Crippen molar-refractivity contribution in [3.05, 3.63) is 58.3 Å². The average Bonchev–Trinajstić information content (AvgIpc) is 3.09. The Morgan fingerprint density at radius 2 is 2.08 bits per heavy atom. The van der Waals surface area contributed by atoms with E-state index >= 15 is 0 Å². The predicted molar refractivity (Wildman–Crippen MR) is 89.5 cm³/mol. The smallest absolute Gasteiger partial charge is 0.433 e. The van der Waals surface area contributed by atoms with Crippen LogP contribution in [0.3, 0.4) is 0 Å². The zero-order valence-corrected chi connectivity index (χ0v) is 13.2. The van der Waals surface area contributed by atoms with Gasteiger partial charge < -0.3 is 13.9 Å². The van der Waals surface area contributed by atoms with Gasteiger partial charge in [-0.15, -0.1) is 0 Å². The fraction of sp³-hybridized carbons (Fsp3) is 0.125. The topological polar surface area (TPSA) is 116 Å². The molecule has 0 atom stereocenters. The minimum absolute atomic E-state index is 0.230. The lowest BCUT2D eigenvalue weighted by molar-refractivity contribution is -0.402. The van der Waals surface area contributed by atoms with E-state index in [0.717, 1.165) is 0 Å². The summed E-state index contributed by atoms with van der Waals surface area (Å²) in [5.74, 6) is 0.462. The molecular weight excluding hydrogens is 330 g/mol. The number of carbonyl (C=O) groups is 1. The van der Waals surface area contributed by atoms with Crippen LogP contribution in [0.4, 0.5) is 5.88 Å². The van der Waals surface area contributed by atoms with Crippen LogP contribution < -0.4 is 14.9 Å². The first-order valence-electron chi connectivity index (χ1n) is 7.09. The molecule has 0 aliphatic heterocycles. The number of nitrogens with one attached hydrogen (secondary N) is 1. The van der Waals surface area contributed by atoms with Gasteiger partial charge in [0.15, 0.2) is 18.1 Å². The van der Waals surface area contributed by atoms with Crippen molar-refractivity contribution >= 4 is 24.1 Å². The quantitative estimate of drug-likeness (QED) is 0.446. The third-order valence-corrected chi connectivity index (χ3v) is 2.83. The van der Waals surface area contributed by atoms with E-state index in [9.17, 15) is 14.9 Å². The Morgan fingerprint density at radius 1 is 1.32 bits per heavy atom. The van der Waals surface area contributed by atoms with Crippen molar-refractivity contribution in [1.82, 2.24) is 5.43 Å². The van der Waals surface area contributed by atoms with E-state index in [1.165, 1.54) is 37.6 Å². The van der Waals surface area contributed by atoms with E-state index in [4.69, 9.17) is 13.9 Å². The van der Waals surface area contributed by atoms with Crippen LogP contribution in [0.1, 0.15) is 5.76 Å². The number of hydrazone groups is 1. The molecule has 1 heterocycles. The van der Waals surface area contributed by atoms with Gasteiger partial charge in [-0.3, -0.25) is 14.9 Å². The monoisotopic (exact) mass is 345 g/mol. The van der Waals surface area contributed by atoms with Gasteiger partial charge in [-0.1, -0.05) is 12.1 Å². The number of methoxy groups -OCH3 is 1. The van der Waals surface area contributed by atoms with Gasteiger partial charge >= 0.3 is 5.88 Å². The molecule has 0 saturated carbocycles.